The van der Waals surface area contributed by atoms with Crippen LogP contribution in [0.1, 0.15) is 18.1 Å². The Balaban J connectivity index is 2.94. The van der Waals surface area contributed by atoms with Crippen molar-refractivity contribution in [1.82, 2.24) is 0 Å². The van der Waals surface area contributed by atoms with Crippen LogP contribution in [-0.2, 0) is 4.74 Å². The second kappa shape index (κ2) is 4.32. The van der Waals surface area contributed by atoms with Gasteiger partial charge in [-0.1, -0.05) is 12.1 Å². The van der Waals surface area contributed by atoms with Crippen molar-refractivity contribution < 1.29 is 4.74 Å². The van der Waals surface area contributed by atoms with Gasteiger partial charge in [0.1, 0.15) is 0 Å². The molecular formula is C11H11NO. The average Bonchev–Trinajstić information content (AvgIpc) is 2.18. The summed E-state index contributed by atoms with van der Waals surface area (Å²) in [5.74, 6) is 0. The normalized spacial score (nSPS) is 10.7. The Labute approximate surface area is 78.1 Å². The molecular weight excluding hydrogens is 162 g/mol. The summed E-state index contributed by atoms with van der Waals surface area (Å²) in [4.78, 5) is 0. The number of allylic oxidation sites excluding steroid dienone is 1. The van der Waals surface area contributed by atoms with Crippen molar-refractivity contribution in [2.75, 3.05) is 7.11 Å². The van der Waals surface area contributed by atoms with Gasteiger partial charge in [-0.25, -0.2) is 0 Å². The molecule has 1 aromatic carbocycles. The Kier molecular flexibility index (Phi) is 3.10. The van der Waals surface area contributed by atoms with E-state index < -0.39 is 0 Å². The van der Waals surface area contributed by atoms with Gasteiger partial charge in [-0.2, -0.15) is 5.26 Å². The van der Waals surface area contributed by atoms with Crippen LogP contribution in [0.3, 0.4) is 0 Å². The van der Waals surface area contributed by atoms with Gasteiger partial charge >= 0.3 is 0 Å². The number of nitriles is 1. The first kappa shape index (κ1) is 9.34. The van der Waals surface area contributed by atoms with E-state index in [1.165, 1.54) is 0 Å². The quantitative estimate of drug-likeness (QED) is 0.644. The van der Waals surface area contributed by atoms with Crippen molar-refractivity contribution >= 4 is 5.57 Å². The number of hydrogen-bond donors (Lipinski definition) is 0. The minimum Gasteiger partial charge on any atom is -0.504 e. The highest BCUT2D eigenvalue weighted by Gasteiger charge is 1.95. The SMILES string of the molecule is CO/C=C(\C)c1ccc(C#N)cc1. The van der Waals surface area contributed by atoms with Gasteiger partial charge in [-0.15, -0.1) is 0 Å². The van der Waals surface area contributed by atoms with E-state index >= 15 is 0 Å². The Morgan fingerprint density at radius 3 is 2.46 bits per heavy atom. The molecule has 0 saturated carbocycles. The van der Waals surface area contributed by atoms with Crippen LogP contribution >= 0.6 is 0 Å². The zero-order chi connectivity index (χ0) is 9.68. The van der Waals surface area contributed by atoms with Crippen molar-refractivity contribution in [3.05, 3.63) is 41.7 Å². The third-order valence-corrected chi connectivity index (χ3v) is 1.76. The second-order valence-electron chi connectivity index (χ2n) is 2.73. The zero-order valence-electron chi connectivity index (χ0n) is 7.74. The first-order valence-electron chi connectivity index (χ1n) is 3.98. The largest absolute Gasteiger partial charge is 0.504 e. The van der Waals surface area contributed by atoms with Gasteiger partial charge in [0.05, 0.1) is 25.0 Å². The Morgan fingerprint density at radius 2 is 2.00 bits per heavy atom. The molecule has 1 rings (SSSR count). The Hall–Kier alpha value is -1.75. The fourth-order valence-electron chi connectivity index (χ4n) is 1.05. The maximum absolute atomic E-state index is 8.58. The fraction of sp³-hybridized carbons (Fsp3) is 0.182. The highest BCUT2D eigenvalue weighted by Crippen LogP contribution is 2.13. The van der Waals surface area contributed by atoms with Crippen molar-refractivity contribution in [3.8, 4) is 6.07 Å². The van der Waals surface area contributed by atoms with Crippen LogP contribution in [0.15, 0.2) is 30.5 Å². The van der Waals surface area contributed by atoms with Crippen molar-refractivity contribution in [2.24, 2.45) is 0 Å². The molecule has 0 aromatic heterocycles. The van der Waals surface area contributed by atoms with E-state index in [0.717, 1.165) is 11.1 Å². The van der Waals surface area contributed by atoms with E-state index in [9.17, 15) is 0 Å². The highest BCUT2D eigenvalue weighted by atomic mass is 16.5. The molecule has 0 bridgehead atoms. The number of nitrogens with zero attached hydrogens (tertiary/aromatic N) is 1. The molecule has 0 amide bonds. The summed E-state index contributed by atoms with van der Waals surface area (Å²) in [5.41, 5.74) is 2.79. The smallest absolute Gasteiger partial charge is 0.0991 e. The van der Waals surface area contributed by atoms with E-state index in [1.54, 1.807) is 25.5 Å². The molecule has 2 nitrogen and oxygen atoms in total. The molecule has 1 aromatic rings. The van der Waals surface area contributed by atoms with Crippen LogP contribution in [0.25, 0.3) is 5.57 Å². The van der Waals surface area contributed by atoms with Gasteiger partial charge in [-0.3, -0.25) is 0 Å². The van der Waals surface area contributed by atoms with Gasteiger partial charge in [0.15, 0.2) is 0 Å². The molecule has 0 spiro atoms. The summed E-state index contributed by atoms with van der Waals surface area (Å²) in [6.45, 7) is 1.96. The van der Waals surface area contributed by atoms with E-state index in [1.807, 2.05) is 19.1 Å². The Bertz CT molecular complexity index is 343. The van der Waals surface area contributed by atoms with Crippen molar-refractivity contribution in [1.29, 1.82) is 5.26 Å². The van der Waals surface area contributed by atoms with Crippen LogP contribution in [0, 0.1) is 11.3 Å². The topological polar surface area (TPSA) is 33.0 Å². The number of hydrogen-bond acceptors (Lipinski definition) is 2. The summed E-state index contributed by atoms with van der Waals surface area (Å²) in [7, 11) is 1.62. The molecule has 0 unspecified atom stereocenters. The molecule has 0 aliphatic rings. The first-order chi connectivity index (χ1) is 6.27. The van der Waals surface area contributed by atoms with Gasteiger partial charge in [0.25, 0.3) is 0 Å². The fourth-order valence-corrected chi connectivity index (χ4v) is 1.05. The summed E-state index contributed by atoms with van der Waals surface area (Å²) >= 11 is 0. The monoisotopic (exact) mass is 173 g/mol. The second-order valence-corrected chi connectivity index (χ2v) is 2.73. The first-order valence-corrected chi connectivity index (χ1v) is 3.98. The van der Waals surface area contributed by atoms with Gasteiger partial charge in [-0.05, 0) is 30.2 Å². The minimum absolute atomic E-state index is 0.675. The lowest BCUT2D eigenvalue weighted by Crippen LogP contribution is -1.81. The molecule has 0 heterocycles. The number of benzene rings is 1. The lowest BCUT2D eigenvalue weighted by atomic mass is 10.1. The lowest BCUT2D eigenvalue weighted by molar-refractivity contribution is 0.339. The molecule has 0 fully saturated rings. The molecule has 0 aliphatic heterocycles. The zero-order valence-corrected chi connectivity index (χ0v) is 7.74. The van der Waals surface area contributed by atoms with Crippen LogP contribution in [0.5, 0.6) is 0 Å². The average molecular weight is 173 g/mol. The van der Waals surface area contributed by atoms with Crippen LogP contribution in [-0.4, -0.2) is 7.11 Å². The Morgan fingerprint density at radius 1 is 1.38 bits per heavy atom. The maximum Gasteiger partial charge on any atom is 0.0991 e. The molecule has 0 saturated heterocycles. The standard InChI is InChI=1S/C11H11NO/c1-9(8-13-2)11-5-3-10(7-12)4-6-11/h3-6,8H,1-2H3/b9-8+. The van der Waals surface area contributed by atoms with Crippen molar-refractivity contribution in [3.63, 3.8) is 0 Å². The summed E-state index contributed by atoms with van der Waals surface area (Å²) in [6.07, 6.45) is 1.68. The van der Waals surface area contributed by atoms with E-state index in [-0.39, 0.29) is 0 Å². The van der Waals surface area contributed by atoms with E-state index in [0.29, 0.717) is 5.56 Å². The van der Waals surface area contributed by atoms with E-state index in [2.05, 4.69) is 6.07 Å². The van der Waals surface area contributed by atoms with Gasteiger partial charge in [0, 0.05) is 0 Å². The van der Waals surface area contributed by atoms with Crippen LogP contribution in [0.4, 0.5) is 0 Å². The highest BCUT2D eigenvalue weighted by molar-refractivity contribution is 5.63. The maximum atomic E-state index is 8.58. The number of methoxy groups -OCH3 is 1. The summed E-state index contributed by atoms with van der Waals surface area (Å²) < 4.78 is 4.89. The minimum atomic E-state index is 0.675. The lowest BCUT2D eigenvalue weighted by Gasteiger charge is -2.00. The molecule has 13 heavy (non-hydrogen) atoms. The third-order valence-electron chi connectivity index (χ3n) is 1.76. The molecule has 0 atom stereocenters. The predicted molar refractivity (Wildman–Crippen MR) is 51.8 cm³/mol. The molecule has 0 aliphatic carbocycles. The van der Waals surface area contributed by atoms with Crippen LogP contribution in [0.2, 0.25) is 0 Å². The third kappa shape index (κ3) is 2.34. The molecule has 0 radical (unpaired) electrons. The van der Waals surface area contributed by atoms with Gasteiger partial charge in [0.2, 0.25) is 0 Å². The van der Waals surface area contributed by atoms with Gasteiger partial charge < -0.3 is 4.74 Å². The van der Waals surface area contributed by atoms with Crippen LogP contribution < -0.4 is 0 Å². The van der Waals surface area contributed by atoms with E-state index in [4.69, 9.17) is 10.00 Å². The molecule has 2 heteroatoms. The number of ether oxygens (including phenoxy) is 1. The predicted octanol–water partition coefficient (Wildman–Crippen LogP) is 2.57. The molecule has 0 N–H and O–H groups in total. The summed E-state index contributed by atoms with van der Waals surface area (Å²) in [6, 6.07) is 9.47. The molecule has 66 valence electrons. The summed E-state index contributed by atoms with van der Waals surface area (Å²) in [5, 5.41) is 8.58. The van der Waals surface area contributed by atoms with Crippen molar-refractivity contribution in [2.45, 2.75) is 6.92 Å². The number of rotatable bonds is 2.